The Morgan fingerprint density at radius 2 is 2.06 bits per heavy atom. The third-order valence-corrected chi connectivity index (χ3v) is 5.16. The van der Waals surface area contributed by atoms with E-state index in [0.717, 1.165) is 5.56 Å². The van der Waals surface area contributed by atoms with Crippen molar-refractivity contribution in [1.82, 2.24) is 4.31 Å². The van der Waals surface area contributed by atoms with Gasteiger partial charge in [-0.05, 0) is 31.5 Å². The van der Waals surface area contributed by atoms with Crippen LogP contribution >= 0.6 is 11.6 Å². The van der Waals surface area contributed by atoms with Gasteiger partial charge in [0.15, 0.2) is 0 Å². The lowest BCUT2D eigenvalue weighted by atomic mass is 10.2. The summed E-state index contributed by atoms with van der Waals surface area (Å²) in [5.41, 5.74) is 6.33. The topological polar surface area (TPSA) is 63.4 Å². The van der Waals surface area contributed by atoms with Gasteiger partial charge in [0.1, 0.15) is 4.90 Å². The van der Waals surface area contributed by atoms with Crippen LogP contribution in [0.1, 0.15) is 12.5 Å². The number of nitrogens with two attached hydrogens (primary N) is 1. The summed E-state index contributed by atoms with van der Waals surface area (Å²) in [6.07, 6.45) is 0. The molecule has 0 spiro atoms. The first kappa shape index (κ1) is 14.4. The molecule has 1 aromatic rings. The number of rotatable bonds is 4. The molecule has 96 valence electrons. The van der Waals surface area contributed by atoms with Gasteiger partial charge in [-0.2, -0.15) is 4.31 Å². The maximum absolute atomic E-state index is 12.3. The smallest absolute Gasteiger partial charge is 0.244 e. The largest absolute Gasteiger partial charge is 0.329 e. The second-order valence-electron chi connectivity index (χ2n) is 4.04. The highest BCUT2D eigenvalue weighted by molar-refractivity contribution is 7.89. The van der Waals surface area contributed by atoms with Crippen molar-refractivity contribution in [2.75, 3.05) is 13.6 Å². The Labute approximate surface area is 107 Å². The van der Waals surface area contributed by atoms with E-state index < -0.39 is 10.0 Å². The highest BCUT2D eigenvalue weighted by Crippen LogP contribution is 2.25. The van der Waals surface area contributed by atoms with Gasteiger partial charge in [0.05, 0.1) is 5.02 Å². The molecule has 6 heteroatoms. The highest BCUT2D eigenvalue weighted by Gasteiger charge is 2.26. The molecule has 0 heterocycles. The minimum absolute atomic E-state index is 0.127. The monoisotopic (exact) mass is 276 g/mol. The van der Waals surface area contributed by atoms with Gasteiger partial charge in [0.2, 0.25) is 10.0 Å². The van der Waals surface area contributed by atoms with Crippen LogP contribution in [-0.2, 0) is 10.0 Å². The SMILES string of the molecule is Cc1ccc(Cl)c(S(=O)(=O)N(C)C(C)CN)c1. The van der Waals surface area contributed by atoms with Crippen LogP contribution in [0.4, 0.5) is 0 Å². The molecule has 0 aromatic heterocycles. The summed E-state index contributed by atoms with van der Waals surface area (Å²) >= 11 is 5.94. The Kier molecular flexibility index (Phi) is 4.55. The van der Waals surface area contributed by atoms with E-state index in [1.807, 2.05) is 6.92 Å². The molecule has 1 rings (SSSR count). The van der Waals surface area contributed by atoms with E-state index in [2.05, 4.69) is 0 Å². The minimum atomic E-state index is -3.58. The molecular formula is C11H17ClN2O2S. The zero-order valence-corrected chi connectivity index (χ0v) is 11.7. The molecule has 0 amide bonds. The van der Waals surface area contributed by atoms with Gasteiger partial charge in [0, 0.05) is 19.6 Å². The number of benzene rings is 1. The third-order valence-electron chi connectivity index (χ3n) is 2.71. The van der Waals surface area contributed by atoms with Crippen molar-refractivity contribution in [2.24, 2.45) is 5.73 Å². The summed E-state index contributed by atoms with van der Waals surface area (Å²) in [7, 11) is -2.08. The standard InChI is InChI=1S/C11H17ClN2O2S/c1-8-4-5-10(12)11(6-8)17(15,16)14(3)9(2)7-13/h4-6,9H,7,13H2,1-3H3. The van der Waals surface area contributed by atoms with Crippen molar-refractivity contribution in [3.05, 3.63) is 28.8 Å². The molecule has 0 aliphatic rings. The van der Waals surface area contributed by atoms with Crippen LogP contribution in [-0.4, -0.2) is 32.4 Å². The second kappa shape index (κ2) is 5.35. The third kappa shape index (κ3) is 2.98. The van der Waals surface area contributed by atoms with Crippen molar-refractivity contribution < 1.29 is 8.42 Å². The number of halogens is 1. The zero-order valence-electron chi connectivity index (χ0n) is 10.1. The van der Waals surface area contributed by atoms with E-state index in [4.69, 9.17) is 17.3 Å². The molecule has 0 aliphatic heterocycles. The number of sulfonamides is 1. The van der Waals surface area contributed by atoms with Gasteiger partial charge in [-0.3, -0.25) is 0 Å². The van der Waals surface area contributed by atoms with Gasteiger partial charge in [0.25, 0.3) is 0 Å². The van der Waals surface area contributed by atoms with E-state index in [9.17, 15) is 8.42 Å². The first-order valence-electron chi connectivity index (χ1n) is 5.25. The molecule has 0 fully saturated rings. The van der Waals surface area contributed by atoms with Crippen LogP contribution in [0.15, 0.2) is 23.1 Å². The summed E-state index contributed by atoms with van der Waals surface area (Å²) < 4.78 is 25.8. The fourth-order valence-corrected chi connectivity index (χ4v) is 3.28. The van der Waals surface area contributed by atoms with E-state index >= 15 is 0 Å². The average Bonchev–Trinajstić information content (AvgIpc) is 2.30. The summed E-state index contributed by atoms with van der Waals surface area (Å²) in [6.45, 7) is 3.84. The molecule has 17 heavy (non-hydrogen) atoms. The molecule has 0 radical (unpaired) electrons. The lowest BCUT2D eigenvalue weighted by molar-refractivity contribution is 0.394. The lowest BCUT2D eigenvalue weighted by Crippen LogP contribution is -2.39. The van der Waals surface area contributed by atoms with Crippen molar-refractivity contribution >= 4 is 21.6 Å². The summed E-state index contributed by atoms with van der Waals surface area (Å²) in [6, 6.07) is 4.66. The lowest BCUT2D eigenvalue weighted by Gasteiger charge is -2.23. The van der Waals surface area contributed by atoms with Crippen LogP contribution < -0.4 is 5.73 Å². The first-order chi connectivity index (χ1) is 7.80. The Balaban J connectivity index is 3.26. The Morgan fingerprint density at radius 3 is 2.59 bits per heavy atom. The predicted octanol–water partition coefficient (Wildman–Crippen LogP) is 1.62. The van der Waals surface area contributed by atoms with Crippen LogP contribution in [0.3, 0.4) is 0 Å². The van der Waals surface area contributed by atoms with Crippen molar-refractivity contribution in [2.45, 2.75) is 24.8 Å². The van der Waals surface area contributed by atoms with E-state index in [1.165, 1.54) is 11.4 Å². The molecule has 0 aliphatic carbocycles. The maximum atomic E-state index is 12.3. The predicted molar refractivity (Wildman–Crippen MR) is 69.7 cm³/mol. The summed E-state index contributed by atoms with van der Waals surface area (Å²) in [5, 5.41) is 0.228. The quantitative estimate of drug-likeness (QED) is 0.909. The van der Waals surface area contributed by atoms with Gasteiger partial charge < -0.3 is 5.73 Å². The molecular weight excluding hydrogens is 260 g/mol. The van der Waals surface area contributed by atoms with Crippen LogP contribution in [0.2, 0.25) is 5.02 Å². The van der Waals surface area contributed by atoms with Crippen LogP contribution in [0, 0.1) is 6.92 Å². The number of hydrogen-bond acceptors (Lipinski definition) is 3. The molecule has 0 bridgehead atoms. The Morgan fingerprint density at radius 1 is 1.47 bits per heavy atom. The number of nitrogens with zero attached hydrogens (tertiary/aromatic N) is 1. The van der Waals surface area contributed by atoms with Gasteiger partial charge in [-0.25, -0.2) is 8.42 Å². The molecule has 1 unspecified atom stereocenters. The normalized spacial score (nSPS) is 14.0. The molecule has 0 saturated carbocycles. The summed E-state index contributed by atoms with van der Waals surface area (Å²) in [5.74, 6) is 0. The number of aryl methyl sites for hydroxylation is 1. The van der Waals surface area contributed by atoms with Gasteiger partial charge in [-0.1, -0.05) is 17.7 Å². The molecule has 4 nitrogen and oxygen atoms in total. The number of hydrogen-bond donors (Lipinski definition) is 1. The Hall–Kier alpha value is -0.620. The van der Waals surface area contributed by atoms with E-state index in [1.54, 1.807) is 25.1 Å². The van der Waals surface area contributed by atoms with Crippen molar-refractivity contribution in [3.8, 4) is 0 Å². The van der Waals surface area contributed by atoms with Gasteiger partial charge >= 0.3 is 0 Å². The fourth-order valence-electron chi connectivity index (χ4n) is 1.35. The highest BCUT2D eigenvalue weighted by atomic mass is 35.5. The van der Waals surface area contributed by atoms with Crippen LogP contribution in [0.25, 0.3) is 0 Å². The maximum Gasteiger partial charge on any atom is 0.244 e. The zero-order chi connectivity index (χ0) is 13.2. The molecule has 1 aromatic carbocycles. The van der Waals surface area contributed by atoms with Crippen LogP contribution in [0.5, 0.6) is 0 Å². The van der Waals surface area contributed by atoms with E-state index in [0.29, 0.717) is 0 Å². The number of likely N-dealkylation sites (N-methyl/N-ethyl adjacent to an activating group) is 1. The summed E-state index contributed by atoms with van der Waals surface area (Å²) in [4.78, 5) is 0.127. The van der Waals surface area contributed by atoms with Crippen molar-refractivity contribution in [3.63, 3.8) is 0 Å². The van der Waals surface area contributed by atoms with Gasteiger partial charge in [-0.15, -0.1) is 0 Å². The second-order valence-corrected chi connectivity index (χ2v) is 6.41. The molecule has 0 saturated heterocycles. The molecule has 2 N–H and O–H groups in total. The molecule has 1 atom stereocenters. The Bertz CT molecular complexity index is 502. The average molecular weight is 277 g/mol. The van der Waals surface area contributed by atoms with Crippen molar-refractivity contribution in [1.29, 1.82) is 0 Å². The van der Waals surface area contributed by atoms with E-state index in [-0.39, 0.29) is 22.5 Å². The minimum Gasteiger partial charge on any atom is -0.329 e. The first-order valence-corrected chi connectivity index (χ1v) is 7.06. The fraction of sp³-hybridized carbons (Fsp3) is 0.455.